The molecule has 2 rings (SSSR count). The fraction of sp³-hybridized carbons (Fsp3) is 0.733. The largest absolute Gasteiger partial charge is 0.302 e. The smallest absolute Gasteiger partial charge is 0.228 e. The van der Waals surface area contributed by atoms with Crippen LogP contribution in [0.1, 0.15) is 51.6 Å². The van der Waals surface area contributed by atoms with Crippen LogP contribution < -0.4 is 5.32 Å². The number of hydrogen-bond acceptors (Lipinski definition) is 3. The number of hydrogen-bond donors (Lipinski definition) is 1. The monoisotopic (exact) mass is 280 g/mol. The molecule has 19 heavy (non-hydrogen) atoms. The lowest BCUT2D eigenvalue weighted by Gasteiger charge is -2.33. The molecule has 0 saturated heterocycles. The van der Waals surface area contributed by atoms with Crippen molar-refractivity contribution in [2.45, 2.75) is 53.9 Å². The first kappa shape index (κ1) is 14.5. The fourth-order valence-electron chi connectivity index (χ4n) is 2.42. The average Bonchev–Trinajstić information content (AvgIpc) is 2.68. The van der Waals surface area contributed by atoms with Crippen molar-refractivity contribution in [1.29, 1.82) is 0 Å². The summed E-state index contributed by atoms with van der Waals surface area (Å²) in [5.41, 5.74) is 1.54. The van der Waals surface area contributed by atoms with E-state index in [1.54, 1.807) is 11.3 Å². The second-order valence-electron chi connectivity index (χ2n) is 6.84. The van der Waals surface area contributed by atoms with Gasteiger partial charge in [0.1, 0.15) is 0 Å². The predicted octanol–water partition coefficient (Wildman–Crippen LogP) is 3.89. The number of nitrogens with zero attached hydrogens (tertiary/aromatic N) is 1. The van der Waals surface area contributed by atoms with Gasteiger partial charge in [-0.2, -0.15) is 0 Å². The summed E-state index contributed by atoms with van der Waals surface area (Å²) >= 11 is 1.65. The van der Waals surface area contributed by atoms with E-state index in [-0.39, 0.29) is 11.8 Å². The maximum absolute atomic E-state index is 11.7. The number of anilines is 1. The lowest BCUT2D eigenvalue weighted by Crippen LogP contribution is -2.26. The molecule has 0 aromatic carbocycles. The number of fused-ring (bicyclic) bond motifs is 1. The van der Waals surface area contributed by atoms with Crippen LogP contribution in [0.4, 0.5) is 5.13 Å². The van der Waals surface area contributed by atoms with Crippen LogP contribution in [0.15, 0.2) is 0 Å². The molecule has 1 aliphatic carbocycles. The van der Waals surface area contributed by atoms with Crippen LogP contribution in [-0.2, 0) is 17.6 Å². The van der Waals surface area contributed by atoms with Gasteiger partial charge in [-0.1, -0.05) is 34.6 Å². The number of amides is 1. The molecule has 0 bridgehead atoms. The minimum atomic E-state index is 0.00301. The van der Waals surface area contributed by atoms with Crippen molar-refractivity contribution in [2.24, 2.45) is 17.3 Å². The summed E-state index contributed by atoms with van der Waals surface area (Å²) in [4.78, 5) is 17.7. The molecule has 1 aromatic heterocycles. The van der Waals surface area contributed by atoms with E-state index < -0.39 is 0 Å². The van der Waals surface area contributed by atoms with Crippen molar-refractivity contribution in [3.05, 3.63) is 10.6 Å². The summed E-state index contributed by atoms with van der Waals surface area (Å²) in [7, 11) is 0. The van der Waals surface area contributed by atoms with Gasteiger partial charge >= 0.3 is 0 Å². The Kier molecular flexibility index (Phi) is 4.00. The molecule has 1 atom stereocenters. The Hall–Kier alpha value is -0.900. The van der Waals surface area contributed by atoms with Crippen molar-refractivity contribution < 1.29 is 4.79 Å². The standard InChI is InChI=1S/C15H24N2OS/c1-9(2)13(18)17-14-16-11-8-10(15(3,4)5)6-7-12(11)19-14/h9-10H,6-8H2,1-5H3,(H,16,17,18)/t10-/m0/s1. The first-order valence-electron chi connectivity index (χ1n) is 7.07. The summed E-state index contributed by atoms with van der Waals surface area (Å²) in [6.45, 7) is 10.7. The van der Waals surface area contributed by atoms with E-state index in [9.17, 15) is 4.79 Å². The lowest BCUT2D eigenvalue weighted by atomic mass is 9.73. The summed E-state index contributed by atoms with van der Waals surface area (Å²) in [6, 6.07) is 0. The maximum atomic E-state index is 11.7. The third-order valence-electron chi connectivity index (χ3n) is 3.92. The van der Waals surface area contributed by atoms with Gasteiger partial charge in [-0.05, 0) is 30.6 Å². The van der Waals surface area contributed by atoms with Crippen LogP contribution in [0.25, 0.3) is 0 Å². The highest BCUT2D eigenvalue weighted by Gasteiger charge is 2.30. The second kappa shape index (κ2) is 5.23. The fourth-order valence-corrected chi connectivity index (χ4v) is 3.43. The Labute approximate surface area is 119 Å². The molecule has 0 saturated carbocycles. The highest BCUT2D eigenvalue weighted by molar-refractivity contribution is 7.15. The molecule has 1 N–H and O–H groups in total. The topological polar surface area (TPSA) is 42.0 Å². The molecule has 3 nitrogen and oxygen atoms in total. The Morgan fingerprint density at radius 2 is 2.11 bits per heavy atom. The van der Waals surface area contributed by atoms with Gasteiger partial charge in [0.2, 0.25) is 5.91 Å². The molecule has 0 spiro atoms. The van der Waals surface area contributed by atoms with E-state index in [0.29, 0.717) is 11.3 Å². The lowest BCUT2D eigenvalue weighted by molar-refractivity contribution is -0.118. The van der Waals surface area contributed by atoms with Gasteiger partial charge in [0.05, 0.1) is 5.69 Å². The van der Waals surface area contributed by atoms with Crippen molar-refractivity contribution >= 4 is 22.4 Å². The van der Waals surface area contributed by atoms with Gasteiger partial charge in [0.25, 0.3) is 0 Å². The zero-order chi connectivity index (χ0) is 14.2. The van der Waals surface area contributed by atoms with Gasteiger partial charge in [-0.15, -0.1) is 11.3 Å². The second-order valence-corrected chi connectivity index (χ2v) is 7.92. The molecule has 106 valence electrons. The Morgan fingerprint density at radius 1 is 1.42 bits per heavy atom. The Balaban J connectivity index is 2.10. The molecule has 0 unspecified atom stereocenters. The van der Waals surface area contributed by atoms with Crippen molar-refractivity contribution in [3.63, 3.8) is 0 Å². The number of rotatable bonds is 2. The molecule has 0 fully saturated rings. The molecule has 1 amide bonds. The molecule has 4 heteroatoms. The number of aromatic nitrogens is 1. The third-order valence-corrected chi connectivity index (χ3v) is 4.99. The van der Waals surface area contributed by atoms with Crippen LogP contribution in [0.2, 0.25) is 0 Å². The zero-order valence-electron chi connectivity index (χ0n) is 12.5. The van der Waals surface area contributed by atoms with Crippen LogP contribution in [0.3, 0.4) is 0 Å². The molecule has 1 aromatic rings. The summed E-state index contributed by atoms with van der Waals surface area (Å²) in [5, 5.41) is 3.70. The molecule has 0 aliphatic heterocycles. The number of nitrogens with one attached hydrogen (secondary N) is 1. The first-order valence-corrected chi connectivity index (χ1v) is 7.88. The quantitative estimate of drug-likeness (QED) is 0.893. The van der Waals surface area contributed by atoms with Crippen LogP contribution in [0.5, 0.6) is 0 Å². The van der Waals surface area contributed by atoms with Gasteiger partial charge in [-0.25, -0.2) is 4.98 Å². The van der Waals surface area contributed by atoms with Crippen molar-refractivity contribution in [3.8, 4) is 0 Å². The Bertz CT molecular complexity index is 471. The number of thiazole rings is 1. The minimum absolute atomic E-state index is 0.00301. The summed E-state index contributed by atoms with van der Waals surface area (Å²) in [5.74, 6) is 0.748. The Morgan fingerprint density at radius 3 is 2.68 bits per heavy atom. The van der Waals surface area contributed by atoms with E-state index in [2.05, 4.69) is 31.1 Å². The van der Waals surface area contributed by atoms with E-state index in [1.165, 1.54) is 17.0 Å². The van der Waals surface area contributed by atoms with E-state index in [0.717, 1.165) is 18.0 Å². The molecular formula is C15H24N2OS. The van der Waals surface area contributed by atoms with Gasteiger partial charge in [0.15, 0.2) is 5.13 Å². The number of carbonyl (C=O) groups excluding carboxylic acids is 1. The predicted molar refractivity (Wildman–Crippen MR) is 80.6 cm³/mol. The highest BCUT2D eigenvalue weighted by Crippen LogP contribution is 2.39. The van der Waals surface area contributed by atoms with E-state index in [4.69, 9.17) is 0 Å². The molecule has 0 radical (unpaired) electrons. The summed E-state index contributed by atoms with van der Waals surface area (Å²) < 4.78 is 0. The number of aryl methyl sites for hydroxylation is 1. The van der Waals surface area contributed by atoms with Crippen LogP contribution >= 0.6 is 11.3 Å². The molecule has 1 aliphatic rings. The third kappa shape index (κ3) is 3.35. The van der Waals surface area contributed by atoms with Crippen LogP contribution in [0, 0.1) is 17.3 Å². The zero-order valence-corrected chi connectivity index (χ0v) is 13.4. The average molecular weight is 280 g/mol. The summed E-state index contributed by atoms with van der Waals surface area (Å²) in [6.07, 6.45) is 3.38. The highest BCUT2D eigenvalue weighted by atomic mass is 32.1. The van der Waals surface area contributed by atoms with Gasteiger partial charge in [0, 0.05) is 10.8 Å². The van der Waals surface area contributed by atoms with Gasteiger partial charge < -0.3 is 5.32 Å². The van der Waals surface area contributed by atoms with Gasteiger partial charge in [-0.3, -0.25) is 4.79 Å². The van der Waals surface area contributed by atoms with Crippen molar-refractivity contribution in [1.82, 2.24) is 4.98 Å². The maximum Gasteiger partial charge on any atom is 0.228 e. The van der Waals surface area contributed by atoms with Crippen LogP contribution in [-0.4, -0.2) is 10.9 Å². The number of carbonyl (C=O) groups is 1. The first-order chi connectivity index (χ1) is 8.77. The van der Waals surface area contributed by atoms with E-state index >= 15 is 0 Å². The van der Waals surface area contributed by atoms with E-state index in [1.807, 2.05) is 13.8 Å². The molecule has 1 heterocycles. The molecular weight excluding hydrogens is 256 g/mol. The minimum Gasteiger partial charge on any atom is -0.302 e. The normalized spacial score (nSPS) is 19.4. The van der Waals surface area contributed by atoms with Crippen molar-refractivity contribution in [2.75, 3.05) is 5.32 Å². The SMILES string of the molecule is CC(C)C(=O)Nc1nc2c(s1)CC[C@H](C(C)(C)C)C2.